The number of anilines is 1. The maximum absolute atomic E-state index is 12.3. The summed E-state index contributed by atoms with van der Waals surface area (Å²) in [6.07, 6.45) is 2.44. The highest BCUT2D eigenvalue weighted by atomic mass is 32.1. The molecule has 0 aliphatic heterocycles. The number of nitrogens with zero attached hydrogens (tertiary/aromatic N) is 3. The topological polar surface area (TPSA) is 94.7 Å². The minimum atomic E-state index is -0.458. The van der Waals surface area contributed by atoms with Crippen LogP contribution in [-0.2, 0) is 22.5 Å². The van der Waals surface area contributed by atoms with E-state index in [-0.39, 0.29) is 31.2 Å². The van der Waals surface area contributed by atoms with Gasteiger partial charge in [-0.25, -0.2) is 14.3 Å². The van der Waals surface area contributed by atoms with E-state index in [1.807, 2.05) is 6.92 Å². The van der Waals surface area contributed by atoms with Crippen molar-refractivity contribution in [3.05, 3.63) is 51.4 Å². The third-order valence-corrected chi connectivity index (χ3v) is 5.11. The number of aryl methyl sites for hydroxylation is 2. The number of hydrogen-bond donors (Lipinski definition) is 1. The van der Waals surface area contributed by atoms with Crippen LogP contribution in [0.15, 0.2) is 35.3 Å². The van der Waals surface area contributed by atoms with Crippen LogP contribution < -0.4 is 11.0 Å². The molecule has 0 saturated heterocycles. The monoisotopic (exact) mass is 388 g/mol. The van der Waals surface area contributed by atoms with E-state index in [9.17, 15) is 14.4 Å². The van der Waals surface area contributed by atoms with Crippen molar-refractivity contribution in [2.24, 2.45) is 0 Å². The second-order valence-corrected chi connectivity index (χ2v) is 6.90. The van der Waals surface area contributed by atoms with E-state index in [1.165, 1.54) is 20.4 Å². The number of rotatable bonds is 7. The van der Waals surface area contributed by atoms with E-state index < -0.39 is 5.97 Å². The van der Waals surface area contributed by atoms with E-state index >= 15 is 0 Å². The molecule has 0 fully saturated rings. The third kappa shape index (κ3) is 4.08. The fourth-order valence-corrected chi connectivity index (χ4v) is 3.58. The Balaban J connectivity index is 1.70. The zero-order chi connectivity index (χ0) is 19.4. The summed E-state index contributed by atoms with van der Waals surface area (Å²) >= 11 is 1.35. The van der Waals surface area contributed by atoms with Gasteiger partial charge in [-0.3, -0.25) is 9.20 Å². The fraction of sp³-hybridized carbons (Fsp3) is 0.333. The lowest BCUT2D eigenvalue weighted by molar-refractivity contribution is -0.116. The van der Waals surface area contributed by atoms with Gasteiger partial charge < -0.3 is 10.1 Å². The number of ether oxygens (including phenoxy) is 1. The molecule has 3 rings (SSSR count). The summed E-state index contributed by atoms with van der Waals surface area (Å²) < 4.78 is 7.72. The summed E-state index contributed by atoms with van der Waals surface area (Å²) in [6.45, 7) is 4.12. The minimum absolute atomic E-state index is 0.0609. The van der Waals surface area contributed by atoms with Gasteiger partial charge in [0.05, 0.1) is 18.7 Å². The zero-order valence-electron chi connectivity index (χ0n) is 15.1. The molecule has 3 heterocycles. The Morgan fingerprint density at radius 1 is 1.30 bits per heavy atom. The van der Waals surface area contributed by atoms with Crippen molar-refractivity contribution in [3.8, 4) is 0 Å². The highest BCUT2D eigenvalue weighted by Crippen LogP contribution is 2.29. The van der Waals surface area contributed by atoms with Gasteiger partial charge in [0.2, 0.25) is 5.91 Å². The van der Waals surface area contributed by atoms with E-state index in [1.54, 1.807) is 37.4 Å². The number of amides is 1. The second-order valence-electron chi connectivity index (χ2n) is 5.76. The maximum atomic E-state index is 12.3. The van der Waals surface area contributed by atoms with Crippen molar-refractivity contribution in [2.75, 3.05) is 11.9 Å². The van der Waals surface area contributed by atoms with Crippen molar-refractivity contribution in [2.45, 2.75) is 33.2 Å². The van der Waals surface area contributed by atoms with Gasteiger partial charge in [-0.1, -0.05) is 13.0 Å². The average molecular weight is 388 g/mol. The molecule has 1 amide bonds. The van der Waals surface area contributed by atoms with Crippen LogP contribution in [-0.4, -0.2) is 32.7 Å². The molecule has 142 valence electrons. The number of nitrogens with one attached hydrogen (secondary N) is 1. The van der Waals surface area contributed by atoms with Gasteiger partial charge in [0.1, 0.15) is 5.00 Å². The lowest BCUT2D eigenvalue weighted by atomic mass is 10.2. The smallest absolute Gasteiger partial charge is 0.350 e. The van der Waals surface area contributed by atoms with Crippen molar-refractivity contribution < 1.29 is 14.3 Å². The van der Waals surface area contributed by atoms with E-state index in [0.29, 0.717) is 16.2 Å². The molecule has 0 aromatic carbocycles. The molecule has 9 heteroatoms. The Bertz CT molecular complexity index is 1030. The van der Waals surface area contributed by atoms with E-state index in [4.69, 9.17) is 4.74 Å². The van der Waals surface area contributed by atoms with Crippen molar-refractivity contribution >= 4 is 33.9 Å². The largest absolute Gasteiger partial charge is 0.462 e. The first kappa shape index (κ1) is 18.8. The number of esters is 1. The standard InChI is InChI=1S/C18H20N4O4S/c1-3-12-11-13(17(24)26-4-2)16(27-12)19-15(23)8-10-22-18(25)21-9-6-5-7-14(21)20-22/h5-7,9,11H,3-4,8,10H2,1-2H3,(H,19,23). The highest BCUT2D eigenvalue weighted by Gasteiger charge is 2.19. The molecular formula is C18H20N4O4S. The third-order valence-electron chi connectivity index (χ3n) is 3.92. The van der Waals surface area contributed by atoms with Gasteiger partial charge in [-0.05, 0) is 31.5 Å². The molecule has 0 atom stereocenters. The molecule has 0 unspecified atom stereocenters. The van der Waals surface area contributed by atoms with Crippen LogP contribution in [0, 0.1) is 0 Å². The molecule has 8 nitrogen and oxygen atoms in total. The van der Waals surface area contributed by atoms with Gasteiger partial charge in [0, 0.05) is 17.5 Å². The molecule has 0 aliphatic rings. The van der Waals surface area contributed by atoms with Crippen molar-refractivity contribution in [3.63, 3.8) is 0 Å². The molecule has 0 aliphatic carbocycles. The van der Waals surface area contributed by atoms with Crippen molar-refractivity contribution in [1.82, 2.24) is 14.2 Å². The molecule has 3 aromatic heterocycles. The number of fused-ring (bicyclic) bond motifs is 1. The Morgan fingerprint density at radius 2 is 2.11 bits per heavy atom. The summed E-state index contributed by atoms with van der Waals surface area (Å²) in [4.78, 5) is 37.6. The molecular weight excluding hydrogens is 368 g/mol. The maximum Gasteiger partial charge on any atom is 0.350 e. The summed E-state index contributed by atoms with van der Waals surface area (Å²) in [6, 6.07) is 7.00. The summed E-state index contributed by atoms with van der Waals surface area (Å²) in [5.74, 6) is -0.755. The Hall–Kier alpha value is -2.94. The van der Waals surface area contributed by atoms with Gasteiger partial charge in [0.25, 0.3) is 0 Å². The van der Waals surface area contributed by atoms with Crippen LogP contribution in [0.1, 0.15) is 35.5 Å². The average Bonchev–Trinajstić information content (AvgIpc) is 3.21. The molecule has 0 bridgehead atoms. The van der Waals surface area contributed by atoms with Crippen LogP contribution in [0.3, 0.4) is 0 Å². The number of carbonyl (C=O) groups is 2. The predicted octanol–water partition coefficient (Wildman–Crippen LogP) is 2.33. The van der Waals surface area contributed by atoms with Gasteiger partial charge in [-0.15, -0.1) is 16.4 Å². The molecule has 0 spiro atoms. The summed E-state index contributed by atoms with van der Waals surface area (Å²) in [7, 11) is 0. The molecule has 1 N–H and O–H groups in total. The van der Waals surface area contributed by atoms with Gasteiger partial charge in [0.15, 0.2) is 5.65 Å². The number of hydrogen-bond acceptors (Lipinski definition) is 6. The van der Waals surface area contributed by atoms with E-state index in [0.717, 1.165) is 11.3 Å². The van der Waals surface area contributed by atoms with Crippen LogP contribution in [0.25, 0.3) is 5.65 Å². The zero-order valence-corrected chi connectivity index (χ0v) is 15.9. The number of pyridine rings is 1. The number of aromatic nitrogens is 3. The SMILES string of the molecule is CCOC(=O)c1cc(CC)sc1NC(=O)CCn1nc2ccccn2c1=O. The number of carbonyl (C=O) groups excluding carboxylic acids is 2. The highest BCUT2D eigenvalue weighted by molar-refractivity contribution is 7.16. The Labute approximate surface area is 159 Å². The number of thiophene rings is 1. The van der Waals surface area contributed by atoms with Crippen LogP contribution in [0.5, 0.6) is 0 Å². The van der Waals surface area contributed by atoms with Crippen molar-refractivity contribution in [1.29, 1.82) is 0 Å². The minimum Gasteiger partial charge on any atom is -0.462 e. The van der Waals surface area contributed by atoms with Gasteiger partial charge in [-0.2, -0.15) is 0 Å². The quantitative estimate of drug-likeness (QED) is 0.627. The first-order valence-corrected chi connectivity index (χ1v) is 9.49. The first-order valence-electron chi connectivity index (χ1n) is 8.67. The molecule has 3 aromatic rings. The lowest BCUT2D eigenvalue weighted by Crippen LogP contribution is -2.24. The van der Waals surface area contributed by atoms with E-state index in [2.05, 4.69) is 10.4 Å². The normalized spacial score (nSPS) is 10.9. The molecule has 0 radical (unpaired) electrons. The van der Waals surface area contributed by atoms with Crippen LogP contribution >= 0.6 is 11.3 Å². The Morgan fingerprint density at radius 3 is 2.81 bits per heavy atom. The van der Waals surface area contributed by atoms with Crippen LogP contribution in [0.4, 0.5) is 5.00 Å². The van der Waals surface area contributed by atoms with Gasteiger partial charge >= 0.3 is 11.7 Å². The summed E-state index contributed by atoms with van der Waals surface area (Å²) in [5, 5.41) is 7.42. The predicted molar refractivity (Wildman–Crippen MR) is 102 cm³/mol. The lowest BCUT2D eigenvalue weighted by Gasteiger charge is -2.06. The molecule has 27 heavy (non-hydrogen) atoms. The summed E-state index contributed by atoms with van der Waals surface area (Å²) in [5.41, 5.74) is 0.588. The van der Waals surface area contributed by atoms with Crippen LogP contribution in [0.2, 0.25) is 0 Å². The molecule has 0 saturated carbocycles. The fourth-order valence-electron chi connectivity index (χ4n) is 2.58. The second kappa shape index (κ2) is 8.17. The first-order chi connectivity index (χ1) is 13.0. The Kier molecular flexibility index (Phi) is 5.70.